The van der Waals surface area contributed by atoms with Gasteiger partial charge in [0.25, 0.3) is 5.91 Å². The summed E-state index contributed by atoms with van der Waals surface area (Å²) in [6.07, 6.45) is 9.93. The van der Waals surface area contributed by atoms with Gasteiger partial charge in [0.2, 0.25) is 5.88 Å². The highest BCUT2D eigenvalue weighted by atomic mass is 16.5. The van der Waals surface area contributed by atoms with E-state index in [1.165, 1.54) is 0 Å². The minimum atomic E-state index is -0.215. The molecule has 0 saturated carbocycles. The second kappa shape index (κ2) is 7.60. The van der Waals surface area contributed by atoms with Gasteiger partial charge < -0.3 is 14.4 Å². The third-order valence-corrected chi connectivity index (χ3v) is 5.39. The molecule has 2 aromatic rings. The van der Waals surface area contributed by atoms with Crippen molar-refractivity contribution in [3.63, 3.8) is 0 Å². The van der Waals surface area contributed by atoms with Crippen LogP contribution >= 0.6 is 0 Å². The maximum atomic E-state index is 12.7. The van der Waals surface area contributed by atoms with Gasteiger partial charge in [-0.25, -0.2) is 4.98 Å². The van der Waals surface area contributed by atoms with Crippen molar-refractivity contribution in [2.45, 2.75) is 44.3 Å². The van der Waals surface area contributed by atoms with Crippen molar-refractivity contribution in [2.75, 3.05) is 19.7 Å². The molecule has 7 nitrogen and oxygen atoms in total. The molecule has 0 N–H and O–H groups in total. The molecule has 2 fully saturated rings. The first-order valence-corrected chi connectivity index (χ1v) is 9.42. The number of nitrogens with zero attached hydrogens (tertiary/aromatic N) is 4. The third-order valence-electron chi connectivity index (χ3n) is 5.39. The molecule has 1 unspecified atom stereocenters. The summed E-state index contributed by atoms with van der Waals surface area (Å²) in [4.78, 5) is 27.1. The summed E-state index contributed by atoms with van der Waals surface area (Å²) in [5.74, 6) is 0.597. The van der Waals surface area contributed by atoms with Gasteiger partial charge >= 0.3 is 0 Å². The number of piperidine rings is 1. The number of carbonyl (C=O) groups is 1. The zero-order valence-electron chi connectivity index (χ0n) is 15.5. The molecule has 1 spiro atoms. The first-order valence-electron chi connectivity index (χ1n) is 9.42. The van der Waals surface area contributed by atoms with Gasteiger partial charge in [-0.1, -0.05) is 0 Å². The zero-order chi connectivity index (χ0) is 18.7. The fourth-order valence-corrected chi connectivity index (χ4v) is 3.84. The molecule has 2 aromatic heterocycles. The number of rotatable bonds is 3. The van der Waals surface area contributed by atoms with Crippen molar-refractivity contribution in [1.82, 2.24) is 19.9 Å². The fraction of sp³-hybridized carbons (Fsp3) is 0.500. The molecule has 1 atom stereocenters. The topological polar surface area (TPSA) is 77.4 Å². The number of hydrogen-bond acceptors (Lipinski definition) is 6. The van der Waals surface area contributed by atoms with E-state index in [-0.39, 0.29) is 17.6 Å². The average molecular weight is 368 g/mol. The van der Waals surface area contributed by atoms with E-state index in [1.54, 1.807) is 24.8 Å². The van der Waals surface area contributed by atoms with Gasteiger partial charge in [-0.05, 0) is 31.9 Å². The van der Waals surface area contributed by atoms with Crippen LogP contribution < -0.4 is 4.74 Å². The molecule has 7 heteroatoms. The summed E-state index contributed by atoms with van der Waals surface area (Å²) in [6, 6.07) is 3.72. The predicted molar refractivity (Wildman–Crippen MR) is 98.5 cm³/mol. The van der Waals surface area contributed by atoms with Gasteiger partial charge in [-0.3, -0.25) is 14.8 Å². The molecule has 0 aliphatic carbocycles. The van der Waals surface area contributed by atoms with E-state index in [1.807, 2.05) is 24.0 Å². The van der Waals surface area contributed by atoms with Crippen molar-refractivity contribution >= 4 is 5.91 Å². The van der Waals surface area contributed by atoms with E-state index in [0.717, 1.165) is 31.4 Å². The Kier molecular flexibility index (Phi) is 5.03. The molecule has 2 aliphatic rings. The number of ether oxygens (including phenoxy) is 2. The van der Waals surface area contributed by atoms with E-state index in [2.05, 4.69) is 15.0 Å². The van der Waals surface area contributed by atoms with E-state index in [4.69, 9.17) is 9.47 Å². The van der Waals surface area contributed by atoms with E-state index < -0.39 is 0 Å². The van der Waals surface area contributed by atoms with Crippen LogP contribution in [0.1, 0.15) is 41.7 Å². The Morgan fingerprint density at radius 3 is 2.78 bits per heavy atom. The minimum absolute atomic E-state index is 0.0421. The van der Waals surface area contributed by atoms with Crippen LogP contribution in [0.4, 0.5) is 0 Å². The SMILES string of the molecule is Cc1ccc(C(=O)N2CCC3(CC2)CC(Oc2cnccn2)CCO3)cn1. The Bertz CT molecular complexity index is 774. The van der Waals surface area contributed by atoms with Gasteiger partial charge in [-0.2, -0.15) is 0 Å². The molecular weight excluding hydrogens is 344 g/mol. The minimum Gasteiger partial charge on any atom is -0.473 e. The second-order valence-electron chi connectivity index (χ2n) is 7.29. The number of hydrogen-bond donors (Lipinski definition) is 0. The maximum absolute atomic E-state index is 12.7. The van der Waals surface area contributed by atoms with Crippen molar-refractivity contribution in [3.05, 3.63) is 48.2 Å². The Labute approximate surface area is 158 Å². The molecule has 142 valence electrons. The molecule has 0 aromatic carbocycles. The molecule has 4 heterocycles. The largest absolute Gasteiger partial charge is 0.473 e. The standard InChI is InChI=1S/C20H24N4O3/c1-15-2-3-16(13-23-15)19(25)24-9-5-20(6-10-24)12-17(4-11-26-20)27-18-14-21-7-8-22-18/h2-3,7-8,13-14,17H,4-6,9-12H2,1H3. The van der Waals surface area contributed by atoms with Crippen molar-refractivity contribution in [2.24, 2.45) is 0 Å². The fourth-order valence-electron chi connectivity index (χ4n) is 3.84. The normalized spacial score (nSPS) is 21.8. The summed E-state index contributed by atoms with van der Waals surface area (Å²) in [7, 11) is 0. The van der Waals surface area contributed by atoms with E-state index in [9.17, 15) is 4.79 Å². The van der Waals surface area contributed by atoms with Crippen LogP contribution in [-0.2, 0) is 4.74 Å². The molecule has 2 aliphatic heterocycles. The van der Waals surface area contributed by atoms with E-state index >= 15 is 0 Å². The lowest BCUT2D eigenvalue weighted by Crippen LogP contribution is -2.52. The van der Waals surface area contributed by atoms with Gasteiger partial charge in [0, 0.05) is 50.2 Å². The summed E-state index contributed by atoms with van der Waals surface area (Å²) in [5, 5.41) is 0. The van der Waals surface area contributed by atoms with Crippen LogP contribution in [0.3, 0.4) is 0 Å². The lowest BCUT2D eigenvalue weighted by atomic mass is 9.83. The second-order valence-corrected chi connectivity index (χ2v) is 7.29. The van der Waals surface area contributed by atoms with Crippen LogP contribution in [0.15, 0.2) is 36.9 Å². The first kappa shape index (κ1) is 17.9. The summed E-state index contributed by atoms with van der Waals surface area (Å²) < 4.78 is 12.2. The number of likely N-dealkylation sites (tertiary alicyclic amines) is 1. The first-order chi connectivity index (χ1) is 13.1. The number of amides is 1. The molecular formula is C20H24N4O3. The monoisotopic (exact) mass is 368 g/mol. The highest BCUT2D eigenvalue weighted by Crippen LogP contribution is 2.36. The highest BCUT2D eigenvalue weighted by Gasteiger charge is 2.42. The van der Waals surface area contributed by atoms with Crippen LogP contribution in [-0.4, -0.2) is 57.2 Å². The molecule has 0 bridgehead atoms. The molecule has 0 radical (unpaired) electrons. The number of aryl methyl sites for hydroxylation is 1. The van der Waals surface area contributed by atoms with Crippen molar-refractivity contribution in [1.29, 1.82) is 0 Å². The quantitative estimate of drug-likeness (QED) is 0.828. The van der Waals surface area contributed by atoms with Gasteiger partial charge in [0.15, 0.2) is 0 Å². The van der Waals surface area contributed by atoms with Crippen LogP contribution in [0, 0.1) is 6.92 Å². The Balaban J connectivity index is 1.36. The molecule has 4 rings (SSSR count). The zero-order valence-corrected chi connectivity index (χ0v) is 15.5. The number of carbonyl (C=O) groups excluding carboxylic acids is 1. The highest BCUT2D eigenvalue weighted by molar-refractivity contribution is 5.94. The lowest BCUT2D eigenvalue weighted by molar-refractivity contribution is -0.135. The molecule has 2 saturated heterocycles. The van der Waals surface area contributed by atoms with Gasteiger partial charge in [0.05, 0.1) is 24.0 Å². The Morgan fingerprint density at radius 2 is 2.07 bits per heavy atom. The summed E-state index contributed by atoms with van der Waals surface area (Å²) in [6.45, 7) is 3.95. The number of pyridine rings is 1. The maximum Gasteiger partial charge on any atom is 0.255 e. The van der Waals surface area contributed by atoms with Gasteiger partial charge in [-0.15, -0.1) is 0 Å². The third kappa shape index (κ3) is 4.08. The Hall–Kier alpha value is -2.54. The summed E-state index contributed by atoms with van der Waals surface area (Å²) >= 11 is 0. The van der Waals surface area contributed by atoms with E-state index in [0.29, 0.717) is 31.1 Å². The number of aromatic nitrogens is 3. The average Bonchev–Trinajstić information content (AvgIpc) is 2.70. The smallest absolute Gasteiger partial charge is 0.255 e. The van der Waals surface area contributed by atoms with Gasteiger partial charge in [0.1, 0.15) is 6.10 Å². The van der Waals surface area contributed by atoms with Crippen molar-refractivity contribution in [3.8, 4) is 5.88 Å². The van der Waals surface area contributed by atoms with Crippen LogP contribution in [0.25, 0.3) is 0 Å². The van der Waals surface area contributed by atoms with Crippen molar-refractivity contribution < 1.29 is 14.3 Å². The molecule has 27 heavy (non-hydrogen) atoms. The van der Waals surface area contributed by atoms with Crippen LogP contribution in [0.2, 0.25) is 0 Å². The van der Waals surface area contributed by atoms with Crippen LogP contribution in [0.5, 0.6) is 5.88 Å². The Morgan fingerprint density at radius 1 is 1.22 bits per heavy atom. The lowest BCUT2D eigenvalue weighted by Gasteiger charge is -2.45. The molecule has 1 amide bonds. The predicted octanol–water partition coefficient (Wildman–Crippen LogP) is 2.41. The summed E-state index contributed by atoms with van der Waals surface area (Å²) in [5.41, 5.74) is 1.34.